The Kier molecular flexibility index (Phi) is 9.39. The molecule has 0 spiro atoms. The van der Waals surface area contributed by atoms with Gasteiger partial charge in [-0.2, -0.15) is 0 Å². The minimum absolute atomic E-state index is 0.0957. The highest BCUT2D eigenvalue weighted by Crippen LogP contribution is 2.45. The lowest BCUT2D eigenvalue weighted by Gasteiger charge is -2.35. The summed E-state index contributed by atoms with van der Waals surface area (Å²) in [5, 5.41) is 27.9. The Morgan fingerprint density at radius 3 is 2.54 bits per heavy atom. The monoisotopic (exact) mass is 536 g/mol. The number of Topliss-reactive ketones (excluding diaryl/α,β-unsaturated/α-hetero) is 1. The number of amides is 1. The molecule has 3 rings (SSSR count). The number of methoxy groups -OCH3 is 1. The molecule has 1 aromatic heterocycles. The van der Waals surface area contributed by atoms with Gasteiger partial charge >= 0.3 is 0 Å². The van der Waals surface area contributed by atoms with E-state index in [9.17, 15) is 19.8 Å². The summed E-state index contributed by atoms with van der Waals surface area (Å²) in [5.74, 6) is -1.40. The molecule has 2 saturated heterocycles. The van der Waals surface area contributed by atoms with Crippen molar-refractivity contribution in [1.82, 2.24) is 10.3 Å². The molecule has 0 aliphatic carbocycles. The summed E-state index contributed by atoms with van der Waals surface area (Å²) in [6.07, 6.45) is 1.30. The first-order valence-electron chi connectivity index (χ1n) is 13.2. The minimum Gasteiger partial charge on any atom is -0.392 e. The Bertz CT molecular complexity index is 1010. The summed E-state index contributed by atoms with van der Waals surface area (Å²) in [7, 11) is 1.61. The van der Waals surface area contributed by atoms with E-state index in [1.165, 1.54) is 0 Å². The number of fused-ring (bicyclic) bond motifs is 1. The van der Waals surface area contributed by atoms with Crippen LogP contribution in [-0.2, 0) is 19.1 Å². The molecule has 0 radical (unpaired) electrons. The van der Waals surface area contributed by atoms with Gasteiger partial charge < -0.3 is 25.0 Å². The molecule has 0 bridgehead atoms. The number of carbonyl (C=O) groups is 2. The zero-order valence-electron chi connectivity index (χ0n) is 23.4. The average molecular weight is 537 g/mol. The predicted octanol–water partition coefficient (Wildman–Crippen LogP) is 3.68. The molecule has 2 fully saturated rings. The van der Waals surface area contributed by atoms with E-state index in [1.54, 1.807) is 39.2 Å². The molecular formula is C28H44N2O6S. The van der Waals surface area contributed by atoms with Crippen molar-refractivity contribution < 1.29 is 29.3 Å². The molecule has 1 amide bonds. The van der Waals surface area contributed by atoms with Crippen LogP contribution in [0.5, 0.6) is 0 Å². The number of thiazole rings is 1. The van der Waals surface area contributed by atoms with E-state index in [2.05, 4.69) is 10.3 Å². The average Bonchev–Trinajstić information content (AvgIpc) is 3.31. The Morgan fingerprint density at radius 2 is 1.95 bits per heavy atom. The van der Waals surface area contributed by atoms with Crippen LogP contribution in [-0.4, -0.2) is 70.1 Å². The summed E-state index contributed by atoms with van der Waals surface area (Å²) in [5.41, 5.74) is 0.0567. The Hall–Kier alpha value is -1.65. The number of carbonyl (C=O) groups excluding carboxylic acids is 2. The van der Waals surface area contributed by atoms with Gasteiger partial charge in [-0.05, 0) is 51.2 Å². The van der Waals surface area contributed by atoms with Crippen molar-refractivity contribution >= 4 is 29.1 Å². The summed E-state index contributed by atoms with van der Waals surface area (Å²) in [4.78, 5) is 31.1. The van der Waals surface area contributed by atoms with E-state index in [4.69, 9.17) is 9.47 Å². The Balaban J connectivity index is 1.95. The standard InChI is InChI=1S/C28H44N2O6S/c1-15-10-9-11-28(7)26(36-28)24(35-8)22(16(2)12-19-14-37-18(4)29-19)30-21(32)13-20(31)27(5,6)25(34)17(3)23(15)33/h12,14-15,17,20,22-24,26,31,33H,9-11,13H2,1-8H3,(H,30,32)/b16-12+/t15-,17+,20-,22+,23-,24?,26-,28+/m0/s1. The normalized spacial score (nSPS) is 38.1. The summed E-state index contributed by atoms with van der Waals surface area (Å²) < 4.78 is 12.1. The number of hydrogen-bond donors (Lipinski definition) is 3. The lowest BCUT2D eigenvalue weighted by atomic mass is 9.72. The van der Waals surface area contributed by atoms with Gasteiger partial charge in [-0.3, -0.25) is 9.59 Å². The van der Waals surface area contributed by atoms with E-state index >= 15 is 0 Å². The predicted molar refractivity (Wildman–Crippen MR) is 144 cm³/mol. The smallest absolute Gasteiger partial charge is 0.223 e. The van der Waals surface area contributed by atoms with Crippen LogP contribution in [0.15, 0.2) is 11.0 Å². The van der Waals surface area contributed by atoms with Crippen LogP contribution in [0.3, 0.4) is 0 Å². The van der Waals surface area contributed by atoms with Gasteiger partial charge in [-0.15, -0.1) is 11.3 Å². The molecule has 0 aromatic carbocycles. The molecule has 1 unspecified atom stereocenters. The van der Waals surface area contributed by atoms with Gasteiger partial charge in [-0.25, -0.2) is 4.98 Å². The van der Waals surface area contributed by atoms with Crippen molar-refractivity contribution in [2.75, 3.05) is 7.11 Å². The van der Waals surface area contributed by atoms with Crippen LogP contribution < -0.4 is 5.32 Å². The maximum absolute atomic E-state index is 13.3. The third-order valence-corrected chi connectivity index (χ3v) is 9.14. The van der Waals surface area contributed by atoms with Crippen LogP contribution in [0.1, 0.15) is 77.9 Å². The summed E-state index contributed by atoms with van der Waals surface area (Å²) >= 11 is 1.55. The lowest BCUT2D eigenvalue weighted by molar-refractivity contribution is -0.143. The second-order valence-corrected chi connectivity index (χ2v) is 12.8. The fourth-order valence-corrected chi connectivity index (χ4v) is 6.11. The van der Waals surface area contributed by atoms with Crippen LogP contribution >= 0.6 is 11.3 Å². The fourth-order valence-electron chi connectivity index (χ4n) is 5.54. The highest BCUT2D eigenvalue weighted by molar-refractivity contribution is 7.09. The number of aromatic nitrogens is 1. The van der Waals surface area contributed by atoms with E-state index in [1.807, 2.05) is 39.2 Å². The van der Waals surface area contributed by atoms with E-state index in [0.717, 1.165) is 35.5 Å². The number of ether oxygens (including phenoxy) is 2. The quantitative estimate of drug-likeness (QED) is 0.504. The molecule has 2 aliphatic heterocycles. The van der Waals surface area contributed by atoms with Gasteiger partial charge in [0.15, 0.2) is 0 Å². The molecule has 0 saturated carbocycles. The third kappa shape index (κ3) is 6.68. The first kappa shape index (κ1) is 29.9. The molecule has 2 aliphatic rings. The maximum atomic E-state index is 13.3. The highest BCUT2D eigenvalue weighted by Gasteiger charge is 2.58. The molecule has 3 heterocycles. The number of hydrogen-bond acceptors (Lipinski definition) is 8. The van der Waals surface area contributed by atoms with Crippen LogP contribution in [0.2, 0.25) is 0 Å². The van der Waals surface area contributed by atoms with E-state index < -0.39 is 47.2 Å². The molecule has 3 N–H and O–H groups in total. The maximum Gasteiger partial charge on any atom is 0.223 e. The molecule has 8 nitrogen and oxygen atoms in total. The molecule has 208 valence electrons. The molecule has 8 atom stereocenters. The van der Waals surface area contributed by atoms with Gasteiger partial charge in [0.1, 0.15) is 18.0 Å². The Morgan fingerprint density at radius 1 is 1.27 bits per heavy atom. The highest BCUT2D eigenvalue weighted by atomic mass is 32.1. The number of nitrogens with one attached hydrogen (secondary N) is 1. The van der Waals surface area contributed by atoms with Gasteiger partial charge in [-0.1, -0.05) is 34.1 Å². The van der Waals surface area contributed by atoms with Gasteiger partial charge in [0, 0.05) is 18.4 Å². The second-order valence-electron chi connectivity index (χ2n) is 11.7. The number of aliphatic hydroxyl groups excluding tert-OH is 2. The largest absolute Gasteiger partial charge is 0.392 e. The SMILES string of the molecule is COC1[C@@H](/C(C)=C/c2csc(C)n2)NC(=O)C[C@H](O)C(C)(C)C(=O)[C@H](C)[C@@H](O)[C@@H](C)CCC[C@@]2(C)O[C@@H]12. The van der Waals surface area contributed by atoms with Crippen molar-refractivity contribution in [3.05, 3.63) is 21.7 Å². The molecule has 9 heteroatoms. The van der Waals surface area contributed by atoms with Crippen molar-refractivity contribution in [2.45, 2.75) is 110 Å². The zero-order valence-corrected chi connectivity index (χ0v) is 24.2. The molecular weight excluding hydrogens is 492 g/mol. The molecule has 37 heavy (non-hydrogen) atoms. The summed E-state index contributed by atoms with van der Waals surface area (Å²) in [6.45, 7) is 12.8. The van der Waals surface area contributed by atoms with Crippen molar-refractivity contribution in [3.8, 4) is 0 Å². The number of nitrogens with zero attached hydrogens (tertiary/aromatic N) is 1. The summed E-state index contributed by atoms with van der Waals surface area (Å²) in [6, 6.07) is -0.509. The minimum atomic E-state index is -1.22. The number of epoxide rings is 1. The van der Waals surface area contributed by atoms with Gasteiger partial charge in [0.25, 0.3) is 0 Å². The van der Waals surface area contributed by atoms with Crippen LogP contribution in [0.4, 0.5) is 0 Å². The zero-order chi connectivity index (χ0) is 27.7. The van der Waals surface area contributed by atoms with Crippen molar-refractivity contribution in [2.24, 2.45) is 17.3 Å². The first-order chi connectivity index (χ1) is 17.2. The van der Waals surface area contributed by atoms with E-state index in [-0.39, 0.29) is 24.2 Å². The topological polar surface area (TPSA) is 121 Å². The first-order valence-corrected chi connectivity index (χ1v) is 14.1. The van der Waals surface area contributed by atoms with Gasteiger partial charge in [0.05, 0.1) is 46.4 Å². The fraction of sp³-hybridized carbons (Fsp3) is 0.750. The second kappa shape index (κ2) is 11.6. The van der Waals surface area contributed by atoms with Crippen LogP contribution in [0, 0.1) is 24.2 Å². The van der Waals surface area contributed by atoms with Gasteiger partial charge in [0.2, 0.25) is 5.91 Å². The Labute approximate surface area is 224 Å². The van der Waals surface area contributed by atoms with E-state index in [0.29, 0.717) is 0 Å². The lowest BCUT2D eigenvalue weighted by Crippen LogP contribution is -2.51. The number of aliphatic hydroxyl groups is 2. The van der Waals surface area contributed by atoms with Crippen LogP contribution in [0.25, 0.3) is 6.08 Å². The third-order valence-electron chi connectivity index (χ3n) is 8.35. The number of rotatable bonds is 3. The van der Waals surface area contributed by atoms with Crippen molar-refractivity contribution in [1.29, 1.82) is 0 Å². The molecule has 1 aromatic rings. The number of aryl methyl sites for hydroxylation is 1. The van der Waals surface area contributed by atoms with Crippen molar-refractivity contribution in [3.63, 3.8) is 0 Å². The number of ketones is 1.